The fourth-order valence-electron chi connectivity index (χ4n) is 3.69. The van der Waals surface area contributed by atoms with Crippen LogP contribution in [0.4, 0.5) is 0 Å². The summed E-state index contributed by atoms with van der Waals surface area (Å²) in [6.07, 6.45) is 8.43. The number of oxazole rings is 1. The molecule has 2 saturated heterocycles. The second kappa shape index (κ2) is 6.34. The summed E-state index contributed by atoms with van der Waals surface area (Å²) in [4.78, 5) is 20.6. The van der Waals surface area contributed by atoms with Gasteiger partial charge in [-0.25, -0.2) is 9.19 Å². The Bertz CT molecular complexity index is 894. The topological polar surface area (TPSA) is 97.5 Å². The number of hydrogen-bond donors (Lipinski definition) is 1. The zero-order valence-corrected chi connectivity index (χ0v) is 14.6. The van der Waals surface area contributed by atoms with Crippen molar-refractivity contribution in [2.24, 2.45) is 4.36 Å². The van der Waals surface area contributed by atoms with Crippen molar-refractivity contribution in [2.45, 2.75) is 31.2 Å². The van der Waals surface area contributed by atoms with E-state index in [2.05, 4.69) is 19.6 Å². The summed E-state index contributed by atoms with van der Waals surface area (Å²) in [6, 6.07) is 3.56. The predicted octanol–water partition coefficient (Wildman–Crippen LogP) is 2.26. The van der Waals surface area contributed by atoms with Crippen LogP contribution in [-0.4, -0.2) is 43.7 Å². The number of hydrogen-bond acceptors (Lipinski definition) is 6. The van der Waals surface area contributed by atoms with Gasteiger partial charge < -0.3 is 9.73 Å². The number of pyridine rings is 1. The highest BCUT2D eigenvalue weighted by Gasteiger charge is 2.40. The molecule has 2 aliphatic rings. The van der Waals surface area contributed by atoms with Crippen LogP contribution in [0, 0.1) is 0 Å². The van der Waals surface area contributed by atoms with Crippen molar-refractivity contribution in [2.75, 3.05) is 18.1 Å². The van der Waals surface area contributed by atoms with E-state index in [-0.39, 0.29) is 11.2 Å². The standard InChI is InChI=1S/C17H20N4O3S/c22-15(14-11-24-16(20-14)13-4-1-7-18-10-13)21-25(23)9-3-6-17(12-25)5-2-8-19-17/h1,4,7,10-11,19H,2-3,5-6,8-9,12H2. The third kappa shape index (κ3) is 3.36. The van der Waals surface area contributed by atoms with Gasteiger partial charge in [0.2, 0.25) is 5.89 Å². The van der Waals surface area contributed by atoms with E-state index in [0.717, 1.165) is 32.2 Å². The predicted molar refractivity (Wildman–Crippen MR) is 93.6 cm³/mol. The second-order valence-electron chi connectivity index (χ2n) is 6.71. The van der Waals surface area contributed by atoms with Gasteiger partial charge >= 0.3 is 5.91 Å². The SMILES string of the molecule is O=C(N=S1(=O)CCCC2(CCCN2)C1)c1coc(-c2cccnc2)n1. The molecular formula is C17H20N4O3S. The largest absolute Gasteiger partial charge is 0.444 e. The molecule has 2 atom stereocenters. The van der Waals surface area contributed by atoms with Crippen LogP contribution in [0.1, 0.15) is 36.2 Å². The first-order valence-corrected chi connectivity index (χ1v) is 10.3. The lowest BCUT2D eigenvalue weighted by Crippen LogP contribution is -2.49. The van der Waals surface area contributed by atoms with Crippen molar-refractivity contribution in [3.8, 4) is 11.5 Å². The minimum absolute atomic E-state index is 0.0839. The van der Waals surface area contributed by atoms with Crippen LogP contribution in [0.3, 0.4) is 0 Å². The highest BCUT2D eigenvalue weighted by atomic mass is 32.2. The van der Waals surface area contributed by atoms with Gasteiger partial charge in [-0.1, -0.05) is 0 Å². The minimum Gasteiger partial charge on any atom is -0.444 e. The number of aromatic nitrogens is 2. The fraction of sp³-hybridized carbons (Fsp3) is 0.471. The number of nitrogens with one attached hydrogen (secondary N) is 1. The van der Waals surface area contributed by atoms with Crippen LogP contribution in [0.2, 0.25) is 0 Å². The third-order valence-corrected chi connectivity index (χ3v) is 7.26. The maximum Gasteiger partial charge on any atom is 0.307 e. The molecule has 1 amide bonds. The Morgan fingerprint density at radius 2 is 2.24 bits per heavy atom. The molecule has 0 aliphatic carbocycles. The van der Waals surface area contributed by atoms with Gasteiger partial charge in [-0.3, -0.25) is 9.78 Å². The van der Waals surface area contributed by atoms with Crippen LogP contribution in [-0.2, 0) is 9.73 Å². The van der Waals surface area contributed by atoms with E-state index >= 15 is 0 Å². The first-order valence-electron chi connectivity index (χ1n) is 8.45. The molecule has 2 aromatic rings. The van der Waals surface area contributed by atoms with E-state index in [1.165, 1.54) is 6.26 Å². The summed E-state index contributed by atoms with van der Waals surface area (Å²) in [7, 11) is -2.57. The van der Waals surface area contributed by atoms with Gasteiger partial charge in [0, 0.05) is 23.7 Å². The van der Waals surface area contributed by atoms with Gasteiger partial charge in [-0.05, 0) is 44.4 Å². The number of nitrogens with zero attached hydrogens (tertiary/aromatic N) is 3. The Hall–Kier alpha value is -2.06. The van der Waals surface area contributed by atoms with Crippen LogP contribution in [0.5, 0.6) is 0 Å². The molecule has 25 heavy (non-hydrogen) atoms. The Morgan fingerprint density at radius 1 is 1.36 bits per heavy atom. The van der Waals surface area contributed by atoms with E-state index in [4.69, 9.17) is 4.42 Å². The first kappa shape index (κ1) is 16.4. The molecule has 2 aliphatic heterocycles. The van der Waals surface area contributed by atoms with Crippen molar-refractivity contribution in [3.63, 3.8) is 0 Å². The Balaban J connectivity index is 1.58. The van der Waals surface area contributed by atoms with Crippen molar-refractivity contribution in [3.05, 3.63) is 36.5 Å². The van der Waals surface area contributed by atoms with E-state index in [1.54, 1.807) is 24.5 Å². The van der Waals surface area contributed by atoms with Crippen LogP contribution < -0.4 is 5.32 Å². The number of rotatable bonds is 2. The molecule has 8 heteroatoms. The molecule has 2 fully saturated rings. The average Bonchev–Trinajstić information content (AvgIpc) is 3.25. The van der Waals surface area contributed by atoms with E-state index < -0.39 is 15.6 Å². The Labute approximate surface area is 146 Å². The van der Waals surface area contributed by atoms with Crippen molar-refractivity contribution >= 4 is 15.6 Å². The van der Waals surface area contributed by atoms with Gasteiger partial charge in [-0.2, -0.15) is 4.36 Å². The van der Waals surface area contributed by atoms with Gasteiger partial charge in [0.1, 0.15) is 6.26 Å². The average molecular weight is 360 g/mol. The maximum absolute atomic E-state index is 13.1. The van der Waals surface area contributed by atoms with Crippen molar-refractivity contribution in [1.29, 1.82) is 0 Å². The number of amides is 1. The minimum atomic E-state index is -2.57. The summed E-state index contributed by atoms with van der Waals surface area (Å²) in [5.41, 5.74) is 0.655. The molecule has 7 nitrogen and oxygen atoms in total. The quantitative estimate of drug-likeness (QED) is 0.882. The molecule has 132 valence electrons. The molecule has 2 unspecified atom stereocenters. The van der Waals surface area contributed by atoms with Crippen molar-refractivity contribution < 1.29 is 13.4 Å². The molecule has 4 rings (SSSR count). The zero-order chi connectivity index (χ0) is 17.3. The molecule has 0 bridgehead atoms. The van der Waals surface area contributed by atoms with Gasteiger partial charge in [0.15, 0.2) is 5.69 Å². The lowest BCUT2D eigenvalue weighted by molar-refractivity contribution is 0.1000. The molecule has 0 saturated carbocycles. The Kier molecular flexibility index (Phi) is 4.16. The molecule has 4 heterocycles. The normalized spacial score (nSPS) is 29.0. The van der Waals surface area contributed by atoms with Crippen LogP contribution in [0.25, 0.3) is 11.5 Å². The fourth-order valence-corrected chi connectivity index (χ4v) is 6.23. The lowest BCUT2D eigenvalue weighted by atomic mass is 9.94. The molecular weight excluding hydrogens is 340 g/mol. The maximum atomic E-state index is 13.1. The Morgan fingerprint density at radius 3 is 3.00 bits per heavy atom. The summed E-state index contributed by atoms with van der Waals surface area (Å²) >= 11 is 0. The molecule has 0 radical (unpaired) electrons. The van der Waals surface area contributed by atoms with Gasteiger partial charge in [0.25, 0.3) is 0 Å². The van der Waals surface area contributed by atoms with E-state index in [0.29, 0.717) is 23.0 Å². The summed E-state index contributed by atoms with van der Waals surface area (Å²) < 4.78 is 22.6. The van der Waals surface area contributed by atoms with E-state index in [1.807, 2.05) is 0 Å². The molecule has 2 aromatic heterocycles. The van der Waals surface area contributed by atoms with Gasteiger partial charge in [0.05, 0.1) is 21.0 Å². The molecule has 1 N–H and O–H groups in total. The summed E-state index contributed by atoms with van der Waals surface area (Å²) in [5, 5.41) is 3.47. The molecule has 1 spiro atoms. The van der Waals surface area contributed by atoms with Gasteiger partial charge in [-0.15, -0.1) is 0 Å². The smallest absolute Gasteiger partial charge is 0.307 e. The zero-order valence-electron chi connectivity index (χ0n) is 13.8. The highest BCUT2D eigenvalue weighted by Crippen LogP contribution is 2.32. The highest BCUT2D eigenvalue weighted by molar-refractivity contribution is 7.94. The van der Waals surface area contributed by atoms with Crippen molar-refractivity contribution in [1.82, 2.24) is 15.3 Å². The summed E-state index contributed by atoms with van der Waals surface area (Å²) in [6.45, 7) is 0.946. The first-order chi connectivity index (χ1) is 12.1. The third-order valence-electron chi connectivity index (χ3n) is 4.83. The summed E-state index contributed by atoms with van der Waals surface area (Å²) in [5.74, 6) is 0.646. The number of carbonyl (C=O) groups is 1. The number of carbonyl (C=O) groups excluding carboxylic acids is 1. The lowest BCUT2D eigenvalue weighted by Gasteiger charge is -2.34. The monoisotopic (exact) mass is 360 g/mol. The molecule has 0 aromatic carbocycles. The second-order valence-corrected chi connectivity index (χ2v) is 9.14. The van der Waals surface area contributed by atoms with Crippen LogP contribution >= 0.6 is 0 Å². The van der Waals surface area contributed by atoms with Crippen LogP contribution in [0.15, 0.2) is 39.6 Å². The van der Waals surface area contributed by atoms with E-state index in [9.17, 15) is 9.00 Å².